The summed E-state index contributed by atoms with van der Waals surface area (Å²) >= 11 is 12.7. The summed E-state index contributed by atoms with van der Waals surface area (Å²) in [4.78, 5) is 28.5. The molecular formula is C40H43Cl2F2N3O3. The third-order valence-electron chi connectivity index (χ3n) is 9.53. The number of hydrogen-bond donors (Lipinski definition) is 3. The Labute approximate surface area is 302 Å². The number of carbonyl (C=O) groups excluding carboxylic acids is 2. The zero-order chi connectivity index (χ0) is 36.2. The molecule has 6 nitrogen and oxygen atoms in total. The topological polar surface area (TPSA) is 79.5 Å². The van der Waals surface area contributed by atoms with Crippen LogP contribution in [0.3, 0.4) is 0 Å². The number of nitrogens with one attached hydrogen (secondary N) is 3. The molecule has 0 radical (unpaired) electrons. The van der Waals surface area contributed by atoms with Crippen LogP contribution in [-0.4, -0.2) is 37.6 Å². The third kappa shape index (κ3) is 7.89. The van der Waals surface area contributed by atoms with Gasteiger partial charge < -0.3 is 20.7 Å². The number of benzene rings is 4. The van der Waals surface area contributed by atoms with E-state index in [9.17, 15) is 9.59 Å². The molecule has 5 rings (SSSR count). The molecule has 4 aromatic carbocycles. The fourth-order valence-electron chi connectivity index (χ4n) is 7.30. The van der Waals surface area contributed by atoms with E-state index in [2.05, 4.69) is 16.0 Å². The Hall–Kier alpha value is -3.82. The number of amides is 2. The van der Waals surface area contributed by atoms with Crippen molar-refractivity contribution in [1.29, 1.82) is 0 Å². The maximum atomic E-state index is 16.5. The summed E-state index contributed by atoms with van der Waals surface area (Å²) in [6, 6.07) is 25.3. The number of ether oxygens (including phenoxy) is 1. The van der Waals surface area contributed by atoms with Crippen molar-refractivity contribution < 1.29 is 23.1 Å². The lowest BCUT2D eigenvalue weighted by Gasteiger charge is -2.43. The molecule has 10 heteroatoms. The number of methoxy groups -OCH3 is 1. The highest BCUT2D eigenvalue weighted by molar-refractivity contribution is 6.31. The van der Waals surface area contributed by atoms with Crippen molar-refractivity contribution in [1.82, 2.24) is 16.0 Å². The van der Waals surface area contributed by atoms with Crippen LogP contribution in [0.1, 0.15) is 74.4 Å². The number of rotatable bonds is 11. The van der Waals surface area contributed by atoms with E-state index in [0.29, 0.717) is 12.0 Å². The second-order valence-corrected chi connectivity index (χ2v) is 15.0. The van der Waals surface area contributed by atoms with E-state index in [-0.39, 0.29) is 33.1 Å². The predicted molar refractivity (Wildman–Crippen MR) is 194 cm³/mol. The van der Waals surface area contributed by atoms with Gasteiger partial charge in [-0.05, 0) is 59.2 Å². The molecule has 4 aromatic rings. The average Bonchev–Trinajstić information content (AvgIpc) is 3.39. The quantitative estimate of drug-likeness (QED) is 0.145. The number of carbonyl (C=O) groups is 2. The van der Waals surface area contributed by atoms with E-state index < -0.39 is 59.0 Å². The van der Waals surface area contributed by atoms with Gasteiger partial charge in [0.2, 0.25) is 5.91 Å². The highest BCUT2D eigenvalue weighted by Gasteiger charge is 2.60. The number of halogens is 4. The first-order valence-electron chi connectivity index (χ1n) is 16.6. The summed E-state index contributed by atoms with van der Waals surface area (Å²) in [6.45, 7) is 7.79. The molecule has 0 aliphatic carbocycles. The summed E-state index contributed by atoms with van der Waals surface area (Å²) in [5, 5.41) is 9.70. The van der Waals surface area contributed by atoms with Gasteiger partial charge in [-0.15, -0.1) is 0 Å². The van der Waals surface area contributed by atoms with Crippen molar-refractivity contribution in [3.63, 3.8) is 0 Å². The molecule has 3 N–H and O–H groups in total. The Morgan fingerprint density at radius 1 is 0.920 bits per heavy atom. The highest BCUT2D eigenvalue weighted by atomic mass is 35.5. The molecular weight excluding hydrogens is 679 g/mol. The molecule has 0 spiro atoms. The maximum Gasteiger partial charge on any atom is 0.253 e. The lowest BCUT2D eigenvalue weighted by Crippen LogP contribution is -2.53. The number of hydrogen-bond acceptors (Lipinski definition) is 4. The third-order valence-corrected chi connectivity index (χ3v) is 10.1. The summed E-state index contributed by atoms with van der Waals surface area (Å²) in [6.07, 6.45) is -0.556. The molecule has 1 fully saturated rings. The Bertz CT molecular complexity index is 1810. The van der Waals surface area contributed by atoms with Crippen molar-refractivity contribution in [2.24, 2.45) is 5.41 Å². The fraction of sp³-hybridized carbons (Fsp3) is 0.350. The van der Waals surface area contributed by atoms with E-state index in [4.69, 9.17) is 27.9 Å². The van der Waals surface area contributed by atoms with Gasteiger partial charge in [-0.1, -0.05) is 123 Å². The van der Waals surface area contributed by atoms with Gasteiger partial charge in [-0.2, -0.15) is 0 Å². The second kappa shape index (κ2) is 15.6. The minimum atomic E-state index is -1.43. The van der Waals surface area contributed by atoms with Gasteiger partial charge in [0.1, 0.15) is 11.6 Å². The van der Waals surface area contributed by atoms with Crippen molar-refractivity contribution in [2.75, 3.05) is 13.7 Å². The predicted octanol–water partition coefficient (Wildman–Crippen LogP) is 8.45. The van der Waals surface area contributed by atoms with E-state index in [1.54, 1.807) is 48.5 Å². The first-order valence-corrected chi connectivity index (χ1v) is 17.4. The molecule has 6 atom stereocenters. The van der Waals surface area contributed by atoms with Gasteiger partial charge in [0.15, 0.2) is 6.10 Å². The average molecular weight is 723 g/mol. The van der Waals surface area contributed by atoms with Gasteiger partial charge in [0, 0.05) is 36.1 Å². The molecule has 0 saturated carbocycles. The first kappa shape index (κ1) is 37.4. The summed E-state index contributed by atoms with van der Waals surface area (Å²) in [7, 11) is 1.43. The van der Waals surface area contributed by atoms with E-state index in [1.165, 1.54) is 19.2 Å². The lowest BCUT2D eigenvalue weighted by atomic mass is 9.61. The van der Waals surface area contributed by atoms with Gasteiger partial charge in [0.05, 0.1) is 17.1 Å². The largest absolute Gasteiger partial charge is 0.367 e. The van der Waals surface area contributed by atoms with Crippen LogP contribution in [-0.2, 0) is 19.7 Å². The summed E-state index contributed by atoms with van der Waals surface area (Å²) in [5.41, 5.74) is 0.00628. The highest BCUT2D eigenvalue weighted by Crippen LogP contribution is 2.53. The van der Waals surface area contributed by atoms with Gasteiger partial charge in [-0.25, -0.2) is 8.78 Å². The van der Waals surface area contributed by atoms with E-state index in [1.807, 2.05) is 64.1 Å². The van der Waals surface area contributed by atoms with Gasteiger partial charge >= 0.3 is 0 Å². The molecule has 0 aromatic heterocycles. The van der Waals surface area contributed by atoms with E-state index in [0.717, 1.165) is 5.56 Å². The standard InChI is InChI=1S/C40H43Cl2F2N3O3/c1-24(25-13-8-6-9-14-25)46-37(48)35-33(28-17-12-18-30(42)34(28)44)40(32(47-35)22-39(2,3)4,29-20-19-27(41)21-31(29)43)23-45-38(49)36(50-5)26-15-10-7-11-16-26/h6-21,24,32-33,35-36,47H,22-23H2,1-5H3,(H,45,49)(H,46,48)/t24-,32+,33+,35-,36-,40+/m0/s1. The molecule has 50 heavy (non-hydrogen) atoms. The monoisotopic (exact) mass is 721 g/mol. The van der Waals surface area contributed by atoms with Crippen LogP contribution >= 0.6 is 23.2 Å². The Balaban J connectivity index is 1.71. The molecule has 1 heterocycles. The van der Waals surface area contributed by atoms with Crippen LogP contribution in [0.2, 0.25) is 10.0 Å². The zero-order valence-electron chi connectivity index (χ0n) is 28.8. The normalized spacial score (nSPS) is 21.7. The van der Waals surface area contributed by atoms with Crippen LogP contribution in [0.4, 0.5) is 8.78 Å². The summed E-state index contributed by atoms with van der Waals surface area (Å²) in [5.74, 6) is -3.31. The van der Waals surface area contributed by atoms with E-state index >= 15 is 8.78 Å². The summed E-state index contributed by atoms with van der Waals surface area (Å²) < 4.78 is 38.6. The maximum absolute atomic E-state index is 16.5. The fourth-order valence-corrected chi connectivity index (χ4v) is 7.64. The smallest absolute Gasteiger partial charge is 0.253 e. The van der Waals surface area contributed by atoms with Gasteiger partial charge in [0.25, 0.3) is 5.91 Å². The second-order valence-electron chi connectivity index (χ2n) is 14.1. The molecule has 1 aliphatic heterocycles. The van der Waals surface area contributed by atoms with Crippen LogP contribution < -0.4 is 16.0 Å². The van der Waals surface area contributed by atoms with Crippen LogP contribution in [0.25, 0.3) is 0 Å². The molecule has 264 valence electrons. The Morgan fingerprint density at radius 2 is 1.56 bits per heavy atom. The SMILES string of the molecule is CO[C@H](C(=O)NC[C@]1(c2ccc(Cl)cc2F)[C@H](c2cccc(Cl)c2F)[C@@H](C(=O)N[C@@H](C)c2ccccc2)N[C@@H]1CC(C)(C)C)c1ccccc1. The molecule has 1 aliphatic rings. The Morgan fingerprint density at radius 3 is 2.16 bits per heavy atom. The van der Waals surface area contributed by atoms with Gasteiger partial charge in [-0.3, -0.25) is 9.59 Å². The minimum absolute atomic E-state index is 0.115. The molecule has 2 amide bonds. The van der Waals surface area contributed by atoms with Crippen LogP contribution in [0, 0.1) is 17.0 Å². The van der Waals surface area contributed by atoms with Crippen molar-refractivity contribution in [2.45, 2.75) is 69.7 Å². The van der Waals surface area contributed by atoms with Crippen molar-refractivity contribution in [3.05, 3.63) is 141 Å². The Kier molecular flexibility index (Phi) is 11.7. The molecule has 0 unspecified atom stereocenters. The van der Waals surface area contributed by atoms with Crippen molar-refractivity contribution >= 4 is 35.0 Å². The zero-order valence-corrected chi connectivity index (χ0v) is 30.3. The molecule has 0 bridgehead atoms. The molecule has 1 saturated heterocycles. The lowest BCUT2D eigenvalue weighted by molar-refractivity contribution is -0.131. The first-order chi connectivity index (χ1) is 23.8. The van der Waals surface area contributed by atoms with Crippen molar-refractivity contribution in [3.8, 4) is 0 Å². The minimum Gasteiger partial charge on any atom is -0.367 e. The van der Waals surface area contributed by atoms with Crippen LogP contribution in [0.5, 0.6) is 0 Å². The van der Waals surface area contributed by atoms with Crippen LogP contribution in [0.15, 0.2) is 97.1 Å².